The Kier molecular flexibility index (Phi) is 5.18. The lowest BCUT2D eigenvalue weighted by molar-refractivity contribution is 0.0815. The Bertz CT molecular complexity index is 206. The molecule has 0 aromatic heterocycles. The fourth-order valence-electron chi connectivity index (χ4n) is 2.18. The lowest BCUT2D eigenvalue weighted by Crippen LogP contribution is -2.53. The highest BCUT2D eigenvalue weighted by Gasteiger charge is 2.25. The van der Waals surface area contributed by atoms with E-state index in [9.17, 15) is 5.11 Å². The first-order valence-electron chi connectivity index (χ1n) is 6.23. The van der Waals surface area contributed by atoms with E-state index in [-0.39, 0.29) is 12.1 Å². The molecule has 0 amide bonds. The normalized spacial score (nSPS) is 27.9. The maximum absolute atomic E-state index is 9.33. The van der Waals surface area contributed by atoms with Crippen LogP contribution in [-0.2, 0) is 0 Å². The molecule has 4 nitrogen and oxygen atoms in total. The van der Waals surface area contributed by atoms with Crippen LogP contribution in [0.5, 0.6) is 0 Å². The van der Waals surface area contributed by atoms with Crippen molar-refractivity contribution in [2.75, 3.05) is 46.9 Å². The van der Waals surface area contributed by atoms with Crippen molar-refractivity contribution < 1.29 is 5.11 Å². The first-order valence-corrected chi connectivity index (χ1v) is 6.23. The molecular weight excluding hydrogens is 202 g/mol. The molecule has 0 bridgehead atoms. The summed E-state index contributed by atoms with van der Waals surface area (Å²) in [5, 5.41) is 12.5. The molecule has 16 heavy (non-hydrogen) atoms. The summed E-state index contributed by atoms with van der Waals surface area (Å²) in [4.78, 5) is 4.90. The van der Waals surface area contributed by atoms with Gasteiger partial charge in [0, 0.05) is 37.8 Å². The van der Waals surface area contributed by atoms with Gasteiger partial charge < -0.3 is 15.3 Å². The Balaban J connectivity index is 2.37. The van der Waals surface area contributed by atoms with E-state index in [2.05, 4.69) is 36.0 Å². The molecule has 1 fully saturated rings. The number of aliphatic hydroxyl groups is 1. The lowest BCUT2D eigenvalue weighted by atomic mass is 9.98. The summed E-state index contributed by atoms with van der Waals surface area (Å²) in [7, 11) is 4.10. The molecule has 0 aromatic rings. The minimum Gasteiger partial charge on any atom is -0.394 e. The highest BCUT2D eigenvalue weighted by atomic mass is 16.3. The van der Waals surface area contributed by atoms with Gasteiger partial charge in [-0.25, -0.2) is 0 Å². The van der Waals surface area contributed by atoms with Gasteiger partial charge in [-0.2, -0.15) is 0 Å². The van der Waals surface area contributed by atoms with E-state index >= 15 is 0 Å². The highest BCUT2D eigenvalue weighted by molar-refractivity contribution is 4.84. The van der Waals surface area contributed by atoms with E-state index in [1.54, 1.807) is 0 Å². The Morgan fingerprint density at radius 1 is 1.44 bits per heavy atom. The molecule has 96 valence electrons. The van der Waals surface area contributed by atoms with Crippen LogP contribution in [0.4, 0.5) is 0 Å². The Labute approximate surface area is 99.6 Å². The van der Waals surface area contributed by atoms with E-state index in [4.69, 9.17) is 0 Å². The first-order chi connectivity index (χ1) is 7.50. The monoisotopic (exact) mass is 229 g/mol. The molecule has 1 heterocycles. The van der Waals surface area contributed by atoms with Crippen LogP contribution in [0, 0.1) is 0 Å². The van der Waals surface area contributed by atoms with Crippen molar-refractivity contribution in [3.8, 4) is 0 Å². The Morgan fingerprint density at radius 2 is 2.12 bits per heavy atom. The van der Waals surface area contributed by atoms with Crippen molar-refractivity contribution >= 4 is 0 Å². The number of piperazine rings is 1. The van der Waals surface area contributed by atoms with E-state index < -0.39 is 0 Å². The van der Waals surface area contributed by atoms with Gasteiger partial charge in [0.25, 0.3) is 0 Å². The van der Waals surface area contributed by atoms with Crippen LogP contribution in [0.1, 0.15) is 20.3 Å². The van der Waals surface area contributed by atoms with Crippen LogP contribution in [0.25, 0.3) is 0 Å². The summed E-state index contributed by atoms with van der Waals surface area (Å²) in [5.41, 5.74) is -0.136. The summed E-state index contributed by atoms with van der Waals surface area (Å²) in [6.07, 6.45) is 0.994. The van der Waals surface area contributed by atoms with Gasteiger partial charge in [-0.3, -0.25) is 4.90 Å². The number of likely N-dealkylation sites (N-methyl/N-ethyl adjacent to an activating group) is 2. The Hall–Kier alpha value is -0.160. The molecule has 1 saturated heterocycles. The topological polar surface area (TPSA) is 38.7 Å². The third-order valence-corrected chi connectivity index (χ3v) is 3.87. The summed E-state index contributed by atoms with van der Waals surface area (Å²) >= 11 is 0. The van der Waals surface area contributed by atoms with Gasteiger partial charge in [-0.15, -0.1) is 0 Å². The molecule has 0 radical (unpaired) electrons. The highest BCUT2D eigenvalue weighted by Crippen LogP contribution is 2.13. The van der Waals surface area contributed by atoms with Gasteiger partial charge >= 0.3 is 0 Å². The minimum absolute atomic E-state index is 0.136. The average molecular weight is 229 g/mol. The average Bonchev–Trinajstić information content (AvgIpc) is 2.27. The molecule has 1 aliphatic heterocycles. The lowest BCUT2D eigenvalue weighted by Gasteiger charge is -2.40. The predicted molar refractivity (Wildman–Crippen MR) is 67.7 cm³/mol. The third kappa shape index (κ3) is 3.70. The summed E-state index contributed by atoms with van der Waals surface area (Å²) in [6.45, 7) is 9.07. The molecule has 2 atom stereocenters. The van der Waals surface area contributed by atoms with E-state index in [1.165, 1.54) is 0 Å². The molecule has 1 aliphatic rings. The summed E-state index contributed by atoms with van der Waals surface area (Å²) < 4.78 is 0. The molecule has 0 aliphatic carbocycles. The van der Waals surface area contributed by atoms with Crippen molar-refractivity contribution in [2.24, 2.45) is 0 Å². The zero-order chi connectivity index (χ0) is 12.2. The zero-order valence-corrected chi connectivity index (χ0v) is 11.2. The molecule has 2 unspecified atom stereocenters. The SMILES string of the molecule is CNC(C)(CO)CCN1CCN(C)CC1C. The van der Waals surface area contributed by atoms with Crippen LogP contribution in [0.2, 0.25) is 0 Å². The van der Waals surface area contributed by atoms with Crippen molar-refractivity contribution in [1.29, 1.82) is 0 Å². The van der Waals surface area contributed by atoms with Gasteiger partial charge in [0.1, 0.15) is 0 Å². The van der Waals surface area contributed by atoms with Crippen LogP contribution in [-0.4, -0.2) is 73.4 Å². The summed E-state index contributed by atoms with van der Waals surface area (Å²) in [5.74, 6) is 0. The molecule has 0 spiro atoms. The maximum Gasteiger partial charge on any atom is 0.0610 e. The number of hydrogen-bond acceptors (Lipinski definition) is 4. The minimum atomic E-state index is -0.136. The number of hydrogen-bond donors (Lipinski definition) is 2. The van der Waals surface area contributed by atoms with Crippen LogP contribution in [0.3, 0.4) is 0 Å². The largest absolute Gasteiger partial charge is 0.394 e. The number of rotatable bonds is 5. The second-order valence-electron chi connectivity index (χ2n) is 5.37. The second-order valence-corrected chi connectivity index (χ2v) is 5.37. The molecule has 0 saturated carbocycles. The van der Waals surface area contributed by atoms with E-state index in [0.717, 1.165) is 32.6 Å². The molecule has 4 heteroatoms. The van der Waals surface area contributed by atoms with Crippen molar-refractivity contribution in [1.82, 2.24) is 15.1 Å². The molecule has 2 N–H and O–H groups in total. The molecular formula is C12H27N3O. The van der Waals surface area contributed by atoms with Gasteiger partial charge in [0.15, 0.2) is 0 Å². The summed E-state index contributed by atoms with van der Waals surface area (Å²) in [6, 6.07) is 0.624. The fourth-order valence-corrected chi connectivity index (χ4v) is 2.18. The van der Waals surface area contributed by atoms with Crippen LogP contribution >= 0.6 is 0 Å². The zero-order valence-electron chi connectivity index (χ0n) is 11.2. The second kappa shape index (κ2) is 5.96. The van der Waals surface area contributed by atoms with Crippen molar-refractivity contribution in [3.05, 3.63) is 0 Å². The van der Waals surface area contributed by atoms with Crippen LogP contribution < -0.4 is 5.32 Å². The molecule has 1 rings (SSSR count). The predicted octanol–water partition coefficient (Wildman–Crippen LogP) is -0.0172. The molecule has 0 aromatic carbocycles. The van der Waals surface area contributed by atoms with Crippen molar-refractivity contribution in [3.63, 3.8) is 0 Å². The van der Waals surface area contributed by atoms with Gasteiger partial charge in [-0.1, -0.05) is 0 Å². The van der Waals surface area contributed by atoms with Crippen LogP contribution in [0.15, 0.2) is 0 Å². The van der Waals surface area contributed by atoms with Gasteiger partial charge in [0.2, 0.25) is 0 Å². The Morgan fingerprint density at radius 3 is 2.62 bits per heavy atom. The fraction of sp³-hybridized carbons (Fsp3) is 1.00. The van der Waals surface area contributed by atoms with E-state index in [1.807, 2.05) is 7.05 Å². The van der Waals surface area contributed by atoms with E-state index in [0.29, 0.717) is 6.04 Å². The van der Waals surface area contributed by atoms with Gasteiger partial charge in [-0.05, 0) is 34.4 Å². The standard InChI is InChI=1S/C12H27N3O/c1-11-9-14(4)7-8-15(11)6-5-12(2,10-16)13-3/h11,13,16H,5-10H2,1-4H3. The first kappa shape index (κ1) is 13.9. The van der Waals surface area contributed by atoms with Crippen molar-refractivity contribution in [2.45, 2.75) is 31.8 Å². The number of aliphatic hydroxyl groups excluding tert-OH is 1. The third-order valence-electron chi connectivity index (χ3n) is 3.87. The van der Waals surface area contributed by atoms with Gasteiger partial charge in [0.05, 0.1) is 6.61 Å². The number of nitrogens with one attached hydrogen (secondary N) is 1. The smallest absolute Gasteiger partial charge is 0.0610 e. The maximum atomic E-state index is 9.33. The number of nitrogens with zero attached hydrogens (tertiary/aromatic N) is 2. The quantitative estimate of drug-likeness (QED) is 0.695.